The van der Waals surface area contributed by atoms with E-state index in [0.29, 0.717) is 13.0 Å². The molecule has 124 valence electrons. The quantitative estimate of drug-likeness (QED) is 0.898. The first kappa shape index (κ1) is 16.2. The molecule has 5 atom stereocenters. The number of Topliss-reactive ketones (excluding diaryl/α,β-unsaturated/α-hetero) is 1. The van der Waals surface area contributed by atoms with Crippen LogP contribution in [-0.4, -0.2) is 27.9 Å². The summed E-state index contributed by atoms with van der Waals surface area (Å²) < 4.78 is 7.76. The zero-order valence-corrected chi connectivity index (χ0v) is 13.9. The van der Waals surface area contributed by atoms with Gasteiger partial charge in [0.2, 0.25) is 0 Å². The number of ketones is 1. The third kappa shape index (κ3) is 2.68. The number of nitrogens with zero attached hydrogens (tertiary/aromatic N) is 3. The number of nitrogens with two attached hydrogens (primary N) is 1. The summed E-state index contributed by atoms with van der Waals surface area (Å²) in [5.74, 6) is -0.926. The molecule has 0 bridgehead atoms. The topological polar surface area (TPSA) is 93.9 Å². The van der Waals surface area contributed by atoms with E-state index >= 15 is 0 Å². The lowest BCUT2D eigenvalue weighted by Gasteiger charge is -2.48. The van der Waals surface area contributed by atoms with Crippen molar-refractivity contribution in [1.82, 2.24) is 9.78 Å². The van der Waals surface area contributed by atoms with E-state index in [1.807, 2.05) is 17.7 Å². The maximum absolute atomic E-state index is 12.9. The Hall–Kier alpha value is -1.71. The van der Waals surface area contributed by atoms with Crippen molar-refractivity contribution in [2.75, 3.05) is 0 Å². The number of ether oxygens (including phenoxy) is 1. The fourth-order valence-corrected chi connectivity index (χ4v) is 4.23. The highest BCUT2D eigenvalue weighted by Gasteiger charge is 2.53. The van der Waals surface area contributed by atoms with Crippen LogP contribution < -0.4 is 5.73 Å². The number of hydrogen-bond acceptors (Lipinski definition) is 5. The SMILES string of the molecule is CCn1nccc1[C@@H]1[C@H](C#N)[C@H](N)O[C@H]2CC(C)(C)CC(=O)[C@@H]12. The first-order chi connectivity index (χ1) is 10.9. The number of carbonyl (C=O) groups excluding carboxylic acids is 1. The highest BCUT2D eigenvalue weighted by Crippen LogP contribution is 2.49. The summed E-state index contributed by atoms with van der Waals surface area (Å²) in [6.07, 6.45) is 2.12. The van der Waals surface area contributed by atoms with Gasteiger partial charge in [-0.05, 0) is 24.8 Å². The second-order valence-electron chi connectivity index (χ2n) is 7.43. The molecule has 0 spiro atoms. The van der Waals surface area contributed by atoms with E-state index in [-0.39, 0.29) is 29.1 Å². The van der Waals surface area contributed by atoms with Gasteiger partial charge in [0.25, 0.3) is 0 Å². The van der Waals surface area contributed by atoms with Crippen molar-refractivity contribution in [3.8, 4) is 6.07 Å². The molecular weight excluding hydrogens is 292 g/mol. The van der Waals surface area contributed by atoms with Crippen LogP contribution in [0.2, 0.25) is 0 Å². The van der Waals surface area contributed by atoms with Gasteiger partial charge in [0.05, 0.1) is 24.0 Å². The second kappa shape index (κ2) is 5.73. The Kier molecular flexibility index (Phi) is 4.03. The summed E-state index contributed by atoms with van der Waals surface area (Å²) in [4.78, 5) is 12.9. The summed E-state index contributed by atoms with van der Waals surface area (Å²) in [7, 11) is 0. The molecule has 1 aliphatic heterocycles. The van der Waals surface area contributed by atoms with Gasteiger partial charge >= 0.3 is 0 Å². The standard InChI is InChI=1S/C17H24N4O2/c1-4-21-11(5-6-20-21)14-10(9-18)16(19)23-13-8-17(2,3)7-12(22)15(13)14/h5-6,10,13-16H,4,7-8,19H2,1-3H3/t10-,13-,14-,15+,16+/m0/s1. The van der Waals surface area contributed by atoms with E-state index in [1.54, 1.807) is 6.20 Å². The van der Waals surface area contributed by atoms with Crippen LogP contribution in [0.25, 0.3) is 0 Å². The first-order valence-electron chi connectivity index (χ1n) is 8.23. The summed E-state index contributed by atoms with van der Waals surface area (Å²) >= 11 is 0. The molecule has 1 aromatic heterocycles. The van der Waals surface area contributed by atoms with Gasteiger partial charge in [0.15, 0.2) is 0 Å². The number of hydrogen-bond donors (Lipinski definition) is 1. The number of fused-ring (bicyclic) bond motifs is 1. The smallest absolute Gasteiger partial charge is 0.139 e. The number of aromatic nitrogens is 2. The molecule has 23 heavy (non-hydrogen) atoms. The van der Waals surface area contributed by atoms with Crippen LogP contribution in [0.15, 0.2) is 12.3 Å². The van der Waals surface area contributed by atoms with Gasteiger partial charge in [0, 0.05) is 30.8 Å². The highest BCUT2D eigenvalue weighted by atomic mass is 16.5. The van der Waals surface area contributed by atoms with Gasteiger partial charge in [-0.2, -0.15) is 10.4 Å². The normalized spacial score (nSPS) is 36.3. The third-order valence-corrected chi connectivity index (χ3v) is 5.18. The summed E-state index contributed by atoms with van der Waals surface area (Å²) in [6.45, 7) is 6.86. The molecule has 0 amide bonds. The number of carbonyl (C=O) groups is 1. The van der Waals surface area contributed by atoms with Gasteiger partial charge in [0.1, 0.15) is 12.0 Å². The summed E-state index contributed by atoms with van der Waals surface area (Å²) in [5, 5.41) is 13.9. The largest absolute Gasteiger partial charge is 0.358 e. The van der Waals surface area contributed by atoms with E-state index in [0.717, 1.165) is 12.1 Å². The van der Waals surface area contributed by atoms with Crippen molar-refractivity contribution in [1.29, 1.82) is 5.26 Å². The molecule has 0 aromatic carbocycles. The van der Waals surface area contributed by atoms with Crippen molar-refractivity contribution < 1.29 is 9.53 Å². The Bertz CT molecular complexity index is 645. The van der Waals surface area contributed by atoms with Crippen LogP contribution in [0.1, 0.15) is 45.2 Å². The highest BCUT2D eigenvalue weighted by molar-refractivity contribution is 5.84. The maximum Gasteiger partial charge on any atom is 0.139 e. The van der Waals surface area contributed by atoms with E-state index < -0.39 is 12.1 Å². The molecule has 2 N–H and O–H groups in total. The fourth-order valence-electron chi connectivity index (χ4n) is 4.23. The minimum absolute atomic E-state index is 0.0903. The lowest BCUT2D eigenvalue weighted by molar-refractivity contribution is -0.164. The zero-order chi connectivity index (χ0) is 16.8. The molecular formula is C17H24N4O2. The van der Waals surface area contributed by atoms with Crippen molar-refractivity contribution in [3.05, 3.63) is 18.0 Å². The van der Waals surface area contributed by atoms with Gasteiger partial charge < -0.3 is 10.5 Å². The van der Waals surface area contributed by atoms with Crippen LogP contribution in [0.4, 0.5) is 0 Å². The molecule has 2 fully saturated rings. The lowest BCUT2D eigenvalue weighted by atomic mass is 9.62. The van der Waals surface area contributed by atoms with Crippen molar-refractivity contribution in [3.63, 3.8) is 0 Å². The predicted molar refractivity (Wildman–Crippen MR) is 84.1 cm³/mol. The van der Waals surface area contributed by atoms with Gasteiger partial charge in [-0.1, -0.05) is 13.8 Å². The number of nitriles is 1. The van der Waals surface area contributed by atoms with Crippen LogP contribution in [0.5, 0.6) is 0 Å². The molecule has 3 rings (SSSR count). The molecule has 2 aliphatic rings. The molecule has 1 aromatic rings. The maximum atomic E-state index is 12.9. The molecule has 1 aliphatic carbocycles. The molecule has 6 nitrogen and oxygen atoms in total. The van der Waals surface area contributed by atoms with Crippen LogP contribution in [0, 0.1) is 28.6 Å². The Morgan fingerprint density at radius 3 is 2.91 bits per heavy atom. The van der Waals surface area contributed by atoms with Gasteiger partial charge in [-0.25, -0.2) is 0 Å². The summed E-state index contributed by atoms with van der Waals surface area (Å²) in [6, 6.07) is 4.18. The van der Waals surface area contributed by atoms with E-state index in [4.69, 9.17) is 10.5 Å². The Balaban J connectivity index is 2.06. The average molecular weight is 316 g/mol. The summed E-state index contributed by atoms with van der Waals surface area (Å²) in [5.41, 5.74) is 6.96. The molecule has 0 unspecified atom stereocenters. The fraction of sp³-hybridized carbons (Fsp3) is 0.706. The van der Waals surface area contributed by atoms with Gasteiger partial charge in [-0.3, -0.25) is 9.48 Å². The Labute approximate surface area is 136 Å². The Morgan fingerprint density at radius 1 is 1.52 bits per heavy atom. The van der Waals surface area contributed by atoms with E-state index in [1.165, 1.54) is 0 Å². The molecule has 6 heteroatoms. The van der Waals surface area contributed by atoms with E-state index in [2.05, 4.69) is 25.0 Å². The van der Waals surface area contributed by atoms with Crippen molar-refractivity contribution in [2.24, 2.45) is 23.0 Å². The molecule has 2 heterocycles. The van der Waals surface area contributed by atoms with Crippen molar-refractivity contribution >= 4 is 5.78 Å². The zero-order valence-electron chi connectivity index (χ0n) is 13.9. The third-order valence-electron chi connectivity index (χ3n) is 5.18. The number of aryl methyl sites for hydroxylation is 1. The number of rotatable bonds is 2. The molecule has 1 saturated carbocycles. The van der Waals surface area contributed by atoms with Crippen LogP contribution >= 0.6 is 0 Å². The van der Waals surface area contributed by atoms with Crippen LogP contribution in [0.3, 0.4) is 0 Å². The molecule has 1 saturated heterocycles. The van der Waals surface area contributed by atoms with Gasteiger partial charge in [-0.15, -0.1) is 0 Å². The van der Waals surface area contributed by atoms with Crippen molar-refractivity contribution in [2.45, 2.75) is 58.4 Å². The minimum atomic E-state index is -0.673. The minimum Gasteiger partial charge on any atom is -0.358 e. The van der Waals surface area contributed by atoms with E-state index in [9.17, 15) is 10.1 Å². The first-order valence-corrected chi connectivity index (χ1v) is 8.23. The monoisotopic (exact) mass is 316 g/mol. The molecule has 0 radical (unpaired) electrons. The second-order valence-corrected chi connectivity index (χ2v) is 7.43. The Morgan fingerprint density at radius 2 is 2.26 bits per heavy atom. The average Bonchev–Trinajstić information content (AvgIpc) is 2.92. The van der Waals surface area contributed by atoms with Crippen LogP contribution in [-0.2, 0) is 16.1 Å². The lowest BCUT2D eigenvalue weighted by Crippen LogP contribution is -2.56. The predicted octanol–water partition coefficient (Wildman–Crippen LogP) is 1.82.